The molecule has 0 bridgehead atoms. The number of carbonyl (C=O) groups excluding carboxylic acids is 2. The van der Waals surface area contributed by atoms with Gasteiger partial charge in [-0.1, -0.05) is 30.0 Å². The third-order valence-corrected chi connectivity index (χ3v) is 4.17. The van der Waals surface area contributed by atoms with Crippen molar-refractivity contribution in [3.8, 4) is 5.69 Å². The topological polar surface area (TPSA) is 93.0 Å². The van der Waals surface area contributed by atoms with Crippen LogP contribution in [0.5, 0.6) is 0 Å². The molecule has 1 fully saturated rings. The summed E-state index contributed by atoms with van der Waals surface area (Å²) in [6.07, 6.45) is 0. The summed E-state index contributed by atoms with van der Waals surface area (Å²) in [6, 6.07) is 7.37. The minimum atomic E-state index is -0.343. The SMILES string of the molecule is Cc1ccccc1-n1nnnc1SCC(=O)N1CCNC1=O. The maximum atomic E-state index is 12.0. The molecule has 0 saturated carbocycles. The minimum Gasteiger partial charge on any atom is -0.336 e. The number of aryl methyl sites for hydroxylation is 1. The first-order valence-corrected chi connectivity index (χ1v) is 7.71. The number of carbonyl (C=O) groups is 2. The number of aromatic nitrogens is 4. The predicted octanol–water partition coefficient (Wildman–Crippen LogP) is 0.615. The second kappa shape index (κ2) is 6.14. The number of imide groups is 1. The zero-order valence-corrected chi connectivity index (χ0v) is 12.7. The van der Waals surface area contributed by atoms with E-state index in [1.807, 2.05) is 31.2 Å². The first kappa shape index (κ1) is 14.5. The number of benzene rings is 1. The van der Waals surface area contributed by atoms with Gasteiger partial charge in [-0.15, -0.1) is 5.10 Å². The number of para-hydroxylation sites is 1. The fourth-order valence-corrected chi connectivity index (χ4v) is 2.89. The molecule has 2 aromatic rings. The lowest BCUT2D eigenvalue weighted by Gasteiger charge is -2.11. The summed E-state index contributed by atoms with van der Waals surface area (Å²) in [5.41, 5.74) is 1.89. The normalized spacial score (nSPS) is 14.2. The van der Waals surface area contributed by atoms with E-state index in [1.54, 1.807) is 4.68 Å². The van der Waals surface area contributed by atoms with Gasteiger partial charge < -0.3 is 5.32 Å². The van der Waals surface area contributed by atoms with E-state index in [0.29, 0.717) is 18.2 Å². The van der Waals surface area contributed by atoms with Gasteiger partial charge in [-0.2, -0.15) is 4.68 Å². The molecule has 0 aliphatic carbocycles. The molecule has 0 unspecified atom stereocenters. The number of rotatable bonds is 4. The van der Waals surface area contributed by atoms with Crippen molar-refractivity contribution in [1.29, 1.82) is 0 Å². The molecule has 1 aliphatic rings. The molecular formula is C13H14N6O2S. The van der Waals surface area contributed by atoms with Gasteiger partial charge in [-0.05, 0) is 29.0 Å². The molecule has 0 atom stereocenters. The molecule has 3 rings (SSSR count). The number of nitrogens with one attached hydrogen (secondary N) is 1. The van der Waals surface area contributed by atoms with E-state index in [2.05, 4.69) is 20.8 Å². The van der Waals surface area contributed by atoms with E-state index in [0.717, 1.165) is 11.3 Å². The van der Waals surface area contributed by atoms with Gasteiger partial charge in [-0.25, -0.2) is 4.79 Å². The largest absolute Gasteiger partial charge is 0.336 e. The van der Waals surface area contributed by atoms with E-state index in [4.69, 9.17) is 0 Å². The van der Waals surface area contributed by atoms with E-state index in [9.17, 15) is 9.59 Å². The highest BCUT2D eigenvalue weighted by atomic mass is 32.2. The van der Waals surface area contributed by atoms with Crippen LogP contribution in [0, 0.1) is 6.92 Å². The fraction of sp³-hybridized carbons (Fsp3) is 0.308. The smallest absolute Gasteiger partial charge is 0.324 e. The Bertz CT molecular complexity index is 716. The Kier molecular flexibility index (Phi) is 4.05. The lowest BCUT2D eigenvalue weighted by Crippen LogP contribution is -2.35. The number of urea groups is 1. The van der Waals surface area contributed by atoms with Crippen molar-refractivity contribution in [2.45, 2.75) is 12.1 Å². The third kappa shape index (κ3) is 2.80. The standard InChI is InChI=1S/C13H14N6O2S/c1-9-4-2-3-5-10(9)19-13(15-16-17-19)22-8-11(20)18-7-6-14-12(18)21/h2-5H,6-8H2,1H3,(H,14,21). The molecule has 1 N–H and O–H groups in total. The Morgan fingerprint density at radius 2 is 2.23 bits per heavy atom. The van der Waals surface area contributed by atoms with Crippen LogP contribution in [0.4, 0.5) is 4.79 Å². The summed E-state index contributed by atoms with van der Waals surface area (Å²) >= 11 is 1.21. The van der Waals surface area contributed by atoms with Gasteiger partial charge in [0.25, 0.3) is 0 Å². The summed E-state index contributed by atoms with van der Waals surface area (Å²) in [5, 5.41) is 14.7. The third-order valence-electron chi connectivity index (χ3n) is 3.27. The number of hydrogen-bond acceptors (Lipinski definition) is 6. The van der Waals surface area contributed by atoms with Crippen molar-refractivity contribution in [2.24, 2.45) is 0 Å². The number of tetrazole rings is 1. The number of nitrogens with zero attached hydrogens (tertiary/aromatic N) is 5. The maximum absolute atomic E-state index is 12.0. The molecule has 1 saturated heterocycles. The van der Waals surface area contributed by atoms with Crippen molar-refractivity contribution in [3.05, 3.63) is 29.8 Å². The zero-order chi connectivity index (χ0) is 15.5. The summed E-state index contributed by atoms with van der Waals surface area (Å²) in [6.45, 7) is 2.86. The predicted molar refractivity (Wildman–Crippen MR) is 79.7 cm³/mol. The average Bonchev–Trinajstić information content (AvgIpc) is 3.14. The van der Waals surface area contributed by atoms with Crippen molar-refractivity contribution in [2.75, 3.05) is 18.8 Å². The highest BCUT2D eigenvalue weighted by molar-refractivity contribution is 7.99. The minimum absolute atomic E-state index is 0.111. The van der Waals surface area contributed by atoms with E-state index < -0.39 is 0 Å². The van der Waals surface area contributed by atoms with Crippen molar-refractivity contribution < 1.29 is 9.59 Å². The second-order valence-corrected chi connectivity index (χ2v) is 5.67. The lowest BCUT2D eigenvalue weighted by molar-refractivity contribution is -0.124. The Balaban J connectivity index is 1.72. The van der Waals surface area contributed by atoms with Crippen LogP contribution in [-0.2, 0) is 4.79 Å². The second-order valence-electron chi connectivity index (χ2n) is 4.73. The molecule has 0 radical (unpaired) electrons. The Morgan fingerprint density at radius 3 is 2.95 bits per heavy atom. The van der Waals surface area contributed by atoms with Crippen LogP contribution < -0.4 is 5.32 Å². The van der Waals surface area contributed by atoms with Crippen LogP contribution in [0.15, 0.2) is 29.4 Å². The number of amides is 3. The summed E-state index contributed by atoms with van der Waals surface area (Å²) in [5.74, 6) is -0.140. The van der Waals surface area contributed by atoms with Gasteiger partial charge in [0.1, 0.15) is 0 Å². The van der Waals surface area contributed by atoms with Gasteiger partial charge in [0, 0.05) is 13.1 Å². The van der Waals surface area contributed by atoms with Crippen LogP contribution in [0.25, 0.3) is 5.69 Å². The van der Waals surface area contributed by atoms with Crippen LogP contribution in [-0.4, -0.2) is 55.9 Å². The van der Waals surface area contributed by atoms with Crippen LogP contribution in [0.2, 0.25) is 0 Å². The Labute approximate surface area is 130 Å². The summed E-state index contributed by atoms with van der Waals surface area (Å²) < 4.78 is 1.59. The van der Waals surface area contributed by atoms with Crippen molar-refractivity contribution in [3.63, 3.8) is 0 Å². The van der Waals surface area contributed by atoms with Gasteiger partial charge in [0.15, 0.2) is 0 Å². The number of hydrogen-bond donors (Lipinski definition) is 1. The molecule has 1 aromatic carbocycles. The molecule has 8 nitrogen and oxygen atoms in total. The van der Waals surface area contributed by atoms with Gasteiger partial charge in [-0.3, -0.25) is 9.69 Å². The molecule has 1 aromatic heterocycles. The highest BCUT2D eigenvalue weighted by Crippen LogP contribution is 2.20. The van der Waals surface area contributed by atoms with Crippen LogP contribution >= 0.6 is 11.8 Å². The monoisotopic (exact) mass is 318 g/mol. The van der Waals surface area contributed by atoms with Crippen LogP contribution in [0.3, 0.4) is 0 Å². The van der Waals surface area contributed by atoms with Gasteiger partial charge in [0.2, 0.25) is 11.1 Å². The molecule has 9 heteroatoms. The quantitative estimate of drug-likeness (QED) is 0.831. The Hall–Kier alpha value is -2.42. The number of thioether (sulfide) groups is 1. The van der Waals surface area contributed by atoms with E-state index in [-0.39, 0.29) is 17.7 Å². The molecular weight excluding hydrogens is 304 g/mol. The maximum Gasteiger partial charge on any atom is 0.324 e. The molecule has 22 heavy (non-hydrogen) atoms. The van der Waals surface area contributed by atoms with Gasteiger partial charge in [0.05, 0.1) is 11.4 Å². The fourth-order valence-electron chi connectivity index (χ4n) is 2.13. The first-order valence-electron chi connectivity index (χ1n) is 6.72. The summed E-state index contributed by atoms with van der Waals surface area (Å²) in [4.78, 5) is 24.7. The van der Waals surface area contributed by atoms with Gasteiger partial charge >= 0.3 is 6.03 Å². The van der Waals surface area contributed by atoms with E-state index >= 15 is 0 Å². The lowest BCUT2D eigenvalue weighted by atomic mass is 10.2. The highest BCUT2D eigenvalue weighted by Gasteiger charge is 2.26. The Morgan fingerprint density at radius 1 is 1.41 bits per heavy atom. The molecule has 114 valence electrons. The van der Waals surface area contributed by atoms with Crippen LogP contribution in [0.1, 0.15) is 5.56 Å². The molecule has 3 amide bonds. The summed E-state index contributed by atoms with van der Waals surface area (Å²) in [7, 11) is 0. The zero-order valence-electron chi connectivity index (χ0n) is 11.9. The molecule has 0 spiro atoms. The van der Waals surface area contributed by atoms with Crippen molar-refractivity contribution >= 4 is 23.7 Å². The molecule has 2 heterocycles. The van der Waals surface area contributed by atoms with Crippen molar-refractivity contribution in [1.82, 2.24) is 30.4 Å². The average molecular weight is 318 g/mol. The van der Waals surface area contributed by atoms with E-state index in [1.165, 1.54) is 16.7 Å². The molecule has 1 aliphatic heterocycles. The first-order chi connectivity index (χ1) is 10.7.